The van der Waals surface area contributed by atoms with E-state index in [1.807, 2.05) is 30.3 Å². The lowest BCUT2D eigenvalue weighted by atomic mass is 9.90. The number of ether oxygens (including phenoxy) is 3. The Morgan fingerprint density at radius 3 is 2.55 bits per heavy atom. The largest absolute Gasteiger partial charge is 0.496 e. The first-order chi connectivity index (χ1) is 19.3. The van der Waals surface area contributed by atoms with Gasteiger partial charge in [-0.25, -0.2) is 9.79 Å². The third kappa shape index (κ3) is 4.54. The zero-order valence-electron chi connectivity index (χ0n) is 22.2. The Labute approximate surface area is 232 Å². The molecule has 4 aromatic rings. The third-order valence-corrected chi connectivity index (χ3v) is 7.63. The van der Waals surface area contributed by atoms with Gasteiger partial charge in [-0.2, -0.15) is 0 Å². The minimum atomic E-state index is -0.898. The lowest BCUT2D eigenvalue weighted by molar-refractivity contribution is -0.384. The summed E-state index contributed by atoms with van der Waals surface area (Å²) in [5.41, 5.74) is 1.06. The van der Waals surface area contributed by atoms with Crippen LogP contribution in [0.1, 0.15) is 31.0 Å². The van der Waals surface area contributed by atoms with Crippen LogP contribution in [-0.4, -0.2) is 36.3 Å². The molecule has 204 valence electrons. The topological polar surface area (TPSA) is 122 Å². The van der Waals surface area contributed by atoms with E-state index in [-0.39, 0.29) is 22.4 Å². The van der Waals surface area contributed by atoms with Crippen LogP contribution in [-0.2, 0) is 9.53 Å². The van der Waals surface area contributed by atoms with Gasteiger partial charge in [-0.1, -0.05) is 41.7 Å². The molecule has 0 fully saturated rings. The minimum Gasteiger partial charge on any atom is -0.496 e. The van der Waals surface area contributed by atoms with Crippen molar-refractivity contribution in [2.24, 2.45) is 4.99 Å². The van der Waals surface area contributed by atoms with Crippen LogP contribution in [0.25, 0.3) is 16.8 Å². The normalized spacial score (nSPS) is 15.0. The number of non-ortho nitro benzene ring substituents is 1. The minimum absolute atomic E-state index is 0.140. The number of rotatable bonds is 7. The average Bonchev–Trinajstić information content (AvgIpc) is 3.25. The van der Waals surface area contributed by atoms with Crippen LogP contribution >= 0.6 is 11.3 Å². The zero-order valence-corrected chi connectivity index (χ0v) is 23.0. The van der Waals surface area contributed by atoms with Crippen molar-refractivity contribution in [3.8, 4) is 11.5 Å². The second-order valence-electron chi connectivity index (χ2n) is 8.89. The number of nitrogens with zero attached hydrogens (tertiary/aromatic N) is 3. The number of aromatic nitrogens is 1. The number of allylic oxidation sites excluding steroid dienone is 1. The van der Waals surface area contributed by atoms with E-state index >= 15 is 0 Å². The number of carbonyl (C=O) groups is 1. The van der Waals surface area contributed by atoms with E-state index in [0.29, 0.717) is 33.1 Å². The van der Waals surface area contributed by atoms with Gasteiger partial charge in [-0.3, -0.25) is 19.5 Å². The molecule has 0 bridgehead atoms. The van der Waals surface area contributed by atoms with Crippen molar-refractivity contribution in [2.75, 3.05) is 20.8 Å². The molecule has 0 amide bonds. The van der Waals surface area contributed by atoms with Crippen molar-refractivity contribution < 1.29 is 23.9 Å². The second kappa shape index (κ2) is 10.8. The first kappa shape index (κ1) is 26.8. The molecule has 1 atom stereocenters. The van der Waals surface area contributed by atoms with Crippen molar-refractivity contribution in [1.29, 1.82) is 0 Å². The lowest BCUT2D eigenvalue weighted by Gasteiger charge is -2.27. The standard InChI is InChI=1S/C29H25N3O7S/c1-5-39-28(34)24-16(2)30-29-31(26(24)25-20-9-7-6-8-17(20)10-12-22(25)38-4)27(33)23(40-29)15-18-14-19(32(35)36)11-13-21(18)37-3/h6-15,26H,5H2,1-4H3/b23-15+/t26-/m1/s1. The number of carbonyl (C=O) groups excluding carboxylic acids is 1. The molecular formula is C29H25N3O7S. The number of esters is 1. The monoisotopic (exact) mass is 559 g/mol. The Balaban J connectivity index is 1.85. The number of nitro groups is 1. The Morgan fingerprint density at radius 1 is 1.12 bits per heavy atom. The molecule has 3 aromatic carbocycles. The van der Waals surface area contributed by atoms with Crippen LogP contribution in [0.15, 0.2) is 75.7 Å². The Bertz CT molecular complexity index is 1890. The van der Waals surface area contributed by atoms with Gasteiger partial charge in [0.25, 0.3) is 11.2 Å². The van der Waals surface area contributed by atoms with Gasteiger partial charge in [-0.15, -0.1) is 0 Å². The maximum atomic E-state index is 14.1. The molecule has 2 heterocycles. The van der Waals surface area contributed by atoms with Crippen molar-refractivity contribution in [3.63, 3.8) is 0 Å². The van der Waals surface area contributed by atoms with Crippen molar-refractivity contribution >= 4 is 39.8 Å². The number of methoxy groups -OCH3 is 2. The molecule has 0 spiro atoms. The van der Waals surface area contributed by atoms with E-state index < -0.39 is 22.5 Å². The molecular weight excluding hydrogens is 534 g/mol. The Kier molecular flexibility index (Phi) is 7.22. The molecule has 5 rings (SSSR count). The maximum absolute atomic E-state index is 14.1. The van der Waals surface area contributed by atoms with Gasteiger partial charge in [0.15, 0.2) is 4.80 Å². The van der Waals surface area contributed by atoms with E-state index in [2.05, 4.69) is 4.99 Å². The lowest BCUT2D eigenvalue weighted by Crippen LogP contribution is -2.40. The fourth-order valence-corrected chi connectivity index (χ4v) is 5.93. The Morgan fingerprint density at radius 2 is 1.85 bits per heavy atom. The summed E-state index contributed by atoms with van der Waals surface area (Å²) in [6, 6.07) is 14.6. The van der Waals surface area contributed by atoms with Crippen LogP contribution in [0.3, 0.4) is 0 Å². The van der Waals surface area contributed by atoms with E-state index in [9.17, 15) is 19.7 Å². The molecule has 1 aromatic heterocycles. The number of benzene rings is 3. The summed E-state index contributed by atoms with van der Waals surface area (Å²) >= 11 is 1.11. The summed E-state index contributed by atoms with van der Waals surface area (Å²) in [7, 11) is 2.98. The maximum Gasteiger partial charge on any atom is 0.338 e. The molecule has 0 unspecified atom stereocenters. The number of nitro benzene ring substituents is 1. The SMILES string of the molecule is CCOC(=O)C1=C(C)N=c2s/c(=C/c3cc([N+](=O)[O-])ccc3OC)c(=O)n2[C@H]1c1c(OC)ccc2ccccc12. The summed E-state index contributed by atoms with van der Waals surface area (Å²) in [5, 5.41) is 13.1. The molecule has 0 saturated heterocycles. The second-order valence-corrected chi connectivity index (χ2v) is 9.90. The molecule has 0 aliphatic carbocycles. The fraction of sp³-hybridized carbons (Fsp3) is 0.207. The van der Waals surface area contributed by atoms with Gasteiger partial charge in [0.1, 0.15) is 17.5 Å². The number of thiazole rings is 1. The zero-order chi connectivity index (χ0) is 28.6. The van der Waals surface area contributed by atoms with Crippen LogP contribution in [0.5, 0.6) is 11.5 Å². The van der Waals surface area contributed by atoms with Crippen molar-refractivity contribution in [1.82, 2.24) is 4.57 Å². The van der Waals surface area contributed by atoms with Crippen molar-refractivity contribution in [3.05, 3.63) is 107 Å². The number of fused-ring (bicyclic) bond motifs is 2. The summed E-state index contributed by atoms with van der Waals surface area (Å²) in [4.78, 5) is 43.3. The third-order valence-electron chi connectivity index (χ3n) is 6.65. The quantitative estimate of drug-likeness (QED) is 0.191. The highest BCUT2D eigenvalue weighted by molar-refractivity contribution is 7.07. The van der Waals surface area contributed by atoms with Crippen LogP contribution < -0.4 is 24.4 Å². The van der Waals surface area contributed by atoms with E-state index in [1.54, 1.807) is 19.9 Å². The van der Waals surface area contributed by atoms with Gasteiger partial charge < -0.3 is 14.2 Å². The van der Waals surface area contributed by atoms with Gasteiger partial charge >= 0.3 is 5.97 Å². The van der Waals surface area contributed by atoms with Crippen LogP contribution in [0.4, 0.5) is 5.69 Å². The molecule has 10 nitrogen and oxygen atoms in total. The number of hydrogen-bond acceptors (Lipinski definition) is 9. The van der Waals surface area contributed by atoms with Gasteiger partial charge in [0, 0.05) is 23.3 Å². The van der Waals surface area contributed by atoms with Gasteiger partial charge in [0.2, 0.25) is 0 Å². The smallest absolute Gasteiger partial charge is 0.338 e. The predicted molar refractivity (Wildman–Crippen MR) is 151 cm³/mol. The average molecular weight is 560 g/mol. The summed E-state index contributed by atoms with van der Waals surface area (Å²) in [6.45, 7) is 3.56. The first-order valence-electron chi connectivity index (χ1n) is 12.4. The van der Waals surface area contributed by atoms with Crippen LogP contribution in [0.2, 0.25) is 0 Å². The van der Waals surface area contributed by atoms with Gasteiger partial charge in [0.05, 0.1) is 41.6 Å². The van der Waals surface area contributed by atoms with E-state index in [1.165, 1.54) is 43.1 Å². The summed E-state index contributed by atoms with van der Waals surface area (Å²) < 4.78 is 18.3. The molecule has 11 heteroatoms. The van der Waals surface area contributed by atoms with Gasteiger partial charge in [-0.05, 0) is 42.8 Å². The molecule has 1 aliphatic heterocycles. The first-order valence-corrected chi connectivity index (χ1v) is 13.2. The summed E-state index contributed by atoms with van der Waals surface area (Å²) in [5.74, 6) is 0.278. The molecule has 0 saturated carbocycles. The molecule has 0 N–H and O–H groups in total. The molecule has 40 heavy (non-hydrogen) atoms. The van der Waals surface area contributed by atoms with Crippen molar-refractivity contribution in [2.45, 2.75) is 19.9 Å². The molecule has 1 aliphatic rings. The molecule has 0 radical (unpaired) electrons. The van der Waals surface area contributed by atoms with E-state index in [4.69, 9.17) is 14.2 Å². The fourth-order valence-electron chi connectivity index (χ4n) is 4.89. The van der Waals surface area contributed by atoms with E-state index in [0.717, 1.165) is 22.1 Å². The predicted octanol–water partition coefficient (Wildman–Crippen LogP) is 3.88. The number of hydrogen-bond donors (Lipinski definition) is 0. The highest BCUT2D eigenvalue weighted by Gasteiger charge is 2.36. The van der Waals surface area contributed by atoms with Crippen LogP contribution in [0, 0.1) is 10.1 Å². The summed E-state index contributed by atoms with van der Waals surface area (Å²) in [6.07, 6.45) is 1.54. The Hall–Kier alpha value is -4.77. The highest BCUT2D eigenvalue weighted by Crippen LogP contribution is 2.40. The highest BCUT2D eigenvalue weighted by atomic mass is 32.1.